The van der Waals surface area contributed by atoms with Gasteiger partial charge in [-0.15, -0.1) is 0 Å². The summed E-state index contributed by atoms with van der Waals surface area (Å²) in [6.07, 6.45) is 2.68. The van der Waals surface area contributed by atoms with E-state index in [0.717, 1.165) is 6.26 Å². The molecule has 0 unspecified atom stereocenters. The Labute approximate surface area is 42.1 Å². The summed E-state index contributed by atoms with van der Waals surface area (Å²) >= 11 is 0. The van der Waals surface area contributed by atoms with Crippen molar-refractivity contribution in [2.24, 2.45) is 0 Å². The Balaban J connectivity index is 2.78. The highest BCUT2D eigenvalue weighted by molar-refractivity contribution is 4.70. The van der Waals surface area contributed by atoms with Crippen molar-refractivity contribution in [2.45, 2.75) is 0 Å². The molecule has 0 spiro atoms. The molecule has 0 aromatic rings. The van der Waals surface area contributed by atoms with Crippen molar-refractivity contribution in [3.63, 3.8) is 0 Å². The molecule has 0 heterocycles. The van der Waals surface area contributed by atoms with E-state index in [0.29, 0.717) is 6.61 Å². The Morgan fingerprint density at radius 1 is 1.71 bits per heavy atom. The molecule has 0 aliphatic carbocycles. The molecule has 42 valence electrons. The third-order valence-electron chi connectivity index (χ3n) is 0.420. The van der Waals surface area contributed by atoms with Crippen LogP contribution in [-0.2, 0) is 9.62 Å². The lowest BCUT2D eigenvalue weighted by Gasteiger charge is -1.84. The lowest BCUT2D eigenvalue weighted by atomic mass is 10.7. The zero-order chi connectivity index (χ0) is 5.54. The van der Waals surface area contributed by atoms with Gasteiger partial charge < -0.3 is 9.62 Å². The van der Waals surface area contributed by atoms with Crippen LogP contribution in [0.1, 0.15) is 0 Å². The van der Waals surface area contributed by atoms with Crippen LogP contribution in [-0.4, -0.2) is 19.0 Å². The fraction of sp³-hybridized carbons (Fsp3) is 0.500. The highest BCUT2D eigenvalue weighted by Crippen LogP contribution is 1.71. The van der Waals surface area contributed by atoms with Crippen molar-refractivity contribution in [1.29, 1.82) is 0 Å². The van der Waals surface area contributed by atoms with E-state index in [1.807, 2.05) is 0 Å². The van der Waals surface area contributed by atoms with E-state index in [1.165, 1.54) is 0 Å². The minimum absolute atomic E-state index is 0.459. The Bertz CT molecular complexity index is 50.9. The van der Waals surface area contributed by atoms with Crippen molar-refractivity contribution in [3.8, 4) is 0 Å². The van der Waals surface area contributed by atoms with Gasteiger partial charge in [0.25, 0.3) is 0 Å². The van der Waals surface area contributed by atoms with Crippen LogP contribution in [0.25, 0.3) is 0 Å². The van der Waals surface area contributed by atoms with Crippen LogP contribution in [0.3, 0.4) is 0 Å². The molecular formula is C4H8O3. The molecule has 3 nitrogen and oxygen atoms in total. The molecule has 0 aromatic carbocycles. The first-order valence-corrected chi connectivity index (χ1v) is 1.86. The first kappa shape index (κ1) is 6.46. The van der Waals surface area contributed by atoms with E-state index in [4.69, 9.17) is 5.26 Å². The smallest absolute Gasteiger partial charge is 0.127 e. The molecule has 0 fully saturated rings. The summed E-state index contributed by atoms with van der Waals surface area (Å²) in [7, 11) is 1.56. The topological polar surface area (TPSA) is 38.7 Å². The highest BCUT2D eigenvalue weighted by Gasteiger charge is 1.67. The monoisotopic (exact) mass is 104 g/mol. The molecule has 7 heavy (non-hydrogen) atoms. The van der Waals surface area contributed by atoms with Gasteiger partial charge in [-0.2, -0.15) is 0 Å². The average molecular weight is 104 g/mol. The van der Waals surface area contributed by atoms with Gasteiger partial charge in [-0.1, -0.05) is 0 Å². The predicted molar refractivity (Wildman–Crippen MR) is 24.7 cm³/mol. The van der Waals surface area contributed by atoms with Gasteiger partial charge in [-0.3, -0.25) is 0 Å². The maximum Gasteiger partial charge on any atom is 0.127 e. The lowest BCUT2D eigenvalue weighted by molar-refractivity contribution is -0.187. The number of rotatable bonds is 3. The van der Waals surface area contributed by atoms with Gasteiger partial charge in [0.05, 0.1) is 6.61 Å². The fourth-order valence-electron chi connectivity index (χ4n) is 0.179. The summed E-state index contributed by atoms with van der Waals surface area (Å²) in [5, 5.41) is 7.65. The van der Waals surface area contributed by atoms with E-state index in [1.54, 1.807) is 13.2 Å². The predicted octanol–water partition coefficient (Wildman–Crippen LogP) is 0.636. The second-order valence-corrected chi connectivity index (χ2v) is 0.933. The van der Waals surface area contributed by atoms with Gasteiger partial charge in [-0.05, 0) is 6.08 Å². The van der Waals surface area contributed by atoms with Crippen LogP contribution in [0.2, 0.25) is 0 Å². The summed E-state index contributed by atoms with van der Waals surface area (Å²) in [5.74, 6) is 0. The fourth-order valence-corrected chi connectivity index (χ4v) is 0.179. The molecule has 0 aliphatic rings. The van der Waals surface area contributed by atoms with Crippen LogP contribution in [0.5, 0.6) is 0 Å². The molecular weight excluding hydrogens is 96.0 g/mol. The first-order chi connectivity index (χ1) is 3.41. The van der Waals surface area contributed by atoms with Crippen molar-refractivity contribution in [2.75, 3.05) is 13.7 Å². The largest absolute Gasteiger partial charge is 0.381 e. The maximum atomic E-state index is 7.65. The summed E-state index contributed by atoms with van der Waals surface area (Å²) in [6.45, 7) is 0.459. The minimum Gasteiger partial charge on any atom is -0.381 e. The van der Waals surface area contributed by atoms with Crippen LogP contribution in [0.15, 0.2) is 12.3 Å². The van der Waals surface area contributed by atoms with E-state index in [-0.39, 0.29) is 0 Å². The third kappa shape index (κ3) is 5.46. The quantitative estimate of drug-likeness (QED) is 0.324. The van der Waals surface area contributed by atoms with Crippen LogP contribution >= 0.6 is 0 Å². The molecule has 0 saturated carbocycles. The van der Waals surface area contributed by atoms with E-state index in [2.05, 4.69) is 9.62 Å². The Hall–Kier alpha value is -0.540. The van der Waals surface area contributed by atoms with Gasteiger partial charge in [0.1, 0.15) is 6.26 Å². The molecule has 0 rings (SSSR count). The standard InChI is InChI=1S/C4H8O3/c1-6-3-2-4-7-5/h2,4-5H,3H2,1H3. The van der Waals surface area contributed by atoms with Gasteiger partial charge in [0.2, 0.25) is 0 Å². The lowest BCUT2D eigenvalue weighted by Crippen LogP contribution is -1.80. The zero-order valence-corrected chi connectivity index (χ0v) is 4.13. The summed E-state index contributed by atoms with van der Waals surface area (Å²) in [6, 6.07) is 0. The van der Waals surface area contributed by atoms with Gasteiger partial charge in [-0.25, -0.2) is 5.26 Å². The van der Waals surface area contributed by atoms with E-state index >= 15 is 0 Å². The van der Waals surface area contributed by atoms with E-state index in [9.17, 15) is 0 Å². The molecule has 0 aliphatic heterocycles. The van der Waals surface area contributed by atoms with Crippen molar-refractivity contribution >= 4 is 0 Å². The molecule has 0 radical (unpaired) electrons. The Morgan fingerprint density at radius 2 is 2.43 bits per heavy atom. The SMILES string of the molecule is COCC=COO. The highest BCUT2D eigenvalue weighted by atomic mass is 17.1. The second kappa shape index (κ2) is 5.46. The van der Waals surface area contributed by atoms with Crippen LogP contribution < -0.4 is 0 Å². The molecule has 0 saturated heterocycles. The zero-order valence-electron chi connectivity index (χ0n) is 4.13. The van der Waals surface area contributed by atoms with Gasteiger partial charge in [0, 0.05) is 7.11 Å². The number of ether oxygens (including phenoxy) is 1. The molecule has 0 bridgehead atoms. The number of hydrogen-bond acceptors (Lipinski definition) is 3. The molecule has 0 aromatic heterocycles. The van der Waals surface area contributed by atoms with Crippen molar-refractivity contribution < 1.29 is 14.9 Å². The first-order valence-electron chi connectivity index (χ1n) is 1.86. The number of hydrogen-bond donors (Lipinski definition) is 1. The molecule has 3 heteroatoms. The summed E-state index contributed by atoms with van der Waals surface area (Å²) < 4.78 is 4.57. The van der Waals surface area contributed by atoms with Crippen LogP contribution in [0.4, 0.5) is 0 Å². The van der Waals surface area contributed by atoms with Gasteiger partial charge >= 0.3 is 0 Å². The van der Waals surface area contributed by atoms with Crippen molar-refractivity contribution in [1.82, 2.24) is 0 Å². The number of methoxy groups -OCH3 is 1. The third-order valence-corrected chi connectivity index (χ3v) is 0.420. The molecule has 0 atom stereocenters. The van der Waals surface area contributed by atoms with Crippen LogP contribution in [0, 0.1) is 0 Å². The van der Waals surface area contributed by atoms with Crippen molar-refractivity contribution in [3.05, 3.63) is 12.3 Å². The average Bonchev–Trinajstić information content (AvgIpc) is 1.69. The summed E-state index contributed by atoms with van der Waals surface area (Å²) in [5.41, 5.74) is 0. The maximum absolute atomic E-state index is 7.65. The second-order valence-electron chi connectivity index (χ2n) is 0.933. The molecule has 1 N–H and O–H groups in total. The van der Waals surface area contributed by atoms with Gasteiger partial charge in [0.15, 0.2) is 0 Å². The molecule has 0 amide bonds. The Morgan fingerprint density at radius 3 is 2.86 bits per heavy atom. The minimum atomic E-state index is 0.459. The summed E-state index contributed by atoms with van der Waals surface area (Å²) in [4.78, 5) is 3.58. The van der Waals surface area contributed by atoms with E-state index < -0.39 is 0 Å². The Kier molecular flexibility index (Phi) is 5.04. The normalized spacial score (nSPS) is 10.0.